The summed E-state index contributed by atoms with van der Waals surface area (Å²) < 4.78 is 0. The van der Waals surface area contributed by atoms with E-state index >= 15 is 0 Å². The number of thiocarbonyl (C=S) groups is 1. The molecule has 0 aliphatic carbocycles. The summed E-state index contributed by atoms with van der Waals surface area (Å²) in [5.41, 5.74) is 8.96. The second kappa shape index (κ2) is 6.52. The molecule has 0 aromatic heterocycles. The predicted octanol–water partition coefficient (Wildman–Crippen LogP) is 1.29. The Morgan fingerprint density at radius 3 is 2.85 bits per heavy atom. The van der Waals surface area contributed by atoms with E-state index < -0.39 is 0 Å². The standard InChI is InChI=1S/C15H24N4S/c1-11-4-5-14(13(8-11)15(16)20)17-9-12-10-18(2)6-7-19(12)3/h4-5,8,12,17H,6-7,9-10H2,1-3H3,(H2,16,20). The van der Waals surface area contributed by atoms with Crippen molar-refractivity contribution in [2.45, 2.75) is 13.0 Å². The number of benzene rings is 1. The summed E-state index contributed by atoms with van der Waals surface area (Å²) in [7, 11) is 4.36. The van der Waals surface area contributed by atoms with Crippen LogP contribution in [0.15, 0.2) is 18.2 Å². The van der Waals surface area contributed by atoms with Crippen LogP contribution in [-0.4, -0.2) is 61.1 Å². The maximum atomic E-state index is 5.81. The van der Waals surface area contributed by atoms with Crippen LogP contribution in [0.25, 0.3) is 0 Å². The molecule has 1 unspecified atom stereocenters. The largest absolute Gasteiger partial charge is 0.389 e. The number of aryl methyl sites for hydroxylation is 1. The number of anilines is 1. The minimum atomic E-state index is 0.449. The van der Waals surface area contributed by atoms with Crippen LogP contribution in [0.2, 0.25) is 0 Å². The number of nitrogens with zero attached hydrogens (tertiary/aromatic N) is 2. The van der Waals surface area contributed by atoms with Gasteiger partial charge in [-0.3, -0.25) is 4.90 Å². The summed E-state index contributed by atoms with van der Waals surface area (Å²) in [6, 6.07) is 6.70. The number of piperazine rings is 1. The van der Waals surface area contributed by atoms with Crippen molar-refractivity contribution in [3.8, 4) is 0 Å². The molecule has 0 radical (unpaired) electrons. The molecule has 5 heteroatoms. The molecule has 1 fully saturated rings. The molecule has 0 spiro atoms. The van der Waals surface area contributed by atoms with Crippen LogP contribution in [0.3, 0.4) is 0 Å². The first-order chi connectivity index (χ1) is 9.47. The second-order valence-electron chi connectivity index (χ2n) is 5.69. The summed E-state index contributed by atoms with van der Waals surface area (Å²) in [5.74, 6) is 0. The van der Waals surface area contributed by atoms with Crippen molar-refractivity contribution in [1.82, 2.24) is 9.80 Å². The van der Waals surface area contributed by atoms with Gasteiger partial charge in [-0.2, -0.15) is 0 Å². The third-order valence-electron chi connectivity index (χ3n) is 3.95. The molecular formula is C15H24N4S. The third-order valence-corrected chi connectivity index (χ3v) is 4.17. The van der Waals surface area contributed by atoms with Crippen LogP contribution in [0, 0.1) is 6.92 Å². The maximum Gasteiger partial charge on any atom is 0.106 e. The van der Waals surface area contributed by atoms with E-state index in [0.29, 0.717) is 11.0 Å². The van der Waals surface area contributed by atoms with Crippen LogP contribution in [-0.2, 0) is 0 Å². The lowest BCUT2D eigenvalue weighted by Crippen LogP contribution is -2.52. The zero-order valence-corrected chi connectivity index (χ0v) is 13.3. The molecule has 0 bridgehead atoms. The van der Waals surface area contributed by atoms with E-state index in [1.165, 1.54) is 5.56 Å². The first-order valence-corrected chi connectivity index (χ1v) is 7.41. The quantitative estimate of drug-likeness (QED) is 0.819. The highest BCUT2D eigenvalue weighted by Gasteiger charge is 2.22. The van der Waals surface area contributed by atoms with Gasteiger partial charge in [0.05, 0.1) is 0 Å². The van der Waals surface area contributed by atoms with Crippen LogP contribution in [0.4, 0.5) is 5.69 Å². The van der Waals surface area contributed by atoms with Gasteiger partial charge in [-0.1, -0.05) is 23.8 Å². The van der Waals surface area contributed by atoms with E-state index in [2.05, 4.69) is 48.3 Å². The average molecular weight is 292 g/mol. The van der Waals surface area contributed by atoms with E-state index in [0.717, 1.165) is 37.4 Å². The normalized spacial score (nSPS) is 20.9. The summed E-state index contributed by atoms with van der Waals surface area (Å²) >= 11 is 5.14. The highest BCUT2D eigenvalue weighted by molar-refractivity contribution is 7.80. The topological polar surface area (TPSA) is 44.5 Å². The monoisotopic (exact) mass is 292 g/mol. The van der Waals surface area contributed by atoms with Gasteiger partial charge in [0.1, 0.15) is 4.99 Å². The maximum absolute atomic E-state index is 5.81. The average Bonchev–Trinajstić information content (AvgIpc) is 2.40. The molecule has 20 heavy (non-hydrogen) atoms. The number of hydrogen-bond donors (Lipinski definition) is 2. The van der Waals surface area contributed by atoms with Crippen molar-refractivity contribution in [2.75, 3.05) is 45.6 Å². The first-order valence-electron chi connectivity index (χ1n) is 7.00. The molecule has 3 N–H and O–H groups in total. The number of rotatable bonds is 4. The highest BCUT2D eigenvalue weighted by Crippen LogP contribution is 2.18. The van der Waals surface area contributed by atoms with Crippen molar-refractivity contribution in [3.05, 3.63) is 29.3 Å². The van der Waals surface area contributed by atoms with E-state index in [-0.39, 0.29) is 0 Å². The Kier molecular flexibility index (Phi) is 4.96. The summed E-state index contributed by atoms with van der Waals surface area (Å²) in [6.07, 6.45) is 0. The molecule has 1 aliphatic heterocycles. The molecule has 1 atom stereocenters. The number of hydrogen-bond acceptors (Lipinski definition) is 4. The van der Waals surface area contributed by atoms with Crippen molar-refractivity contribution in [3.63, 3.8) is 0 Å². The molecule has 110 valence electrons. The number of nitrogens with two attached hydrogens (primary N) is 1. The molecule has 1 aromatic carbocycles. The number of nitrogens with one attached hydrogen (secondary N) is 1. The van der Waals surface area contributed by atoms with Gasteiger partial charge in [0.25, 0.3) is 0 Å². The molecule has 2 rings (SSSR count). The fourth-order valence-electron chi connectivity index (χ4n) is 2.57. The van der Waals surface area contributed by atoms with Crippen LogP contribution >= 0.6 is 12.2 Å². The van der Waals surface area contributed by atoms with Crippen molar-refractivity contribution in [2.24, 2.45) is 5.73 Å². The van der Waals surface area contributed by atoms with Gasteiger partial charge < -0.3 is 16.0 Å². The van der Waals surface area contributed by atoms with E-state index in [1.807, 2.05) is 6.07 Å². The minimum absolute atomic E-state index is 0.449. The molecular weight excluding hydrogens is 268 g/mol. The Hall–Kier alpha value is -1.17. The Labute approximate surface area is 126 Å². The summed E-state index contributed by atoms with van der Waals surface area (Å²) in [5, 5.41) is 3.51. The van der Waals surface area contributed by atoms with Crippen LogP contribution in [0.5, 0.6) is 0 Å². The van der Waals surface area contributed by atoms with Crippen molar-refractivity contribution in [1.29, 1.82) is 0 Å². The lowest BCUT2D eigenvalue weighted by molar-refractivity contribution is 0.122. The zero-order valence-electron chi connectivity index (χ0n) is 12.5. The van der Waals surface area contributed by atoms with Crippen LogP contribution in [0.1, 0.15) is 11.1 Å². The second-order valence-corrected chi connectivity index (χ2v) is 6.13. The Morgan fingerprint density at radius 2 is 2.15 bits per heavy atom. The SMILES string of the molecule is Cc1ccc(NCC2CN(C)CCN2C)c(C(N)=S)c1. The molecule has 1 saturated heterocycles. The van der Waals surface area contributed by atoms with Gasteiger partial charge in [-0.25, -0.2) is 0 Å². The van der Waals surface area contributed by atoms with Crippen molar-refractivity contribution >= 4 is 22.9 Å². The van der Waals surface area contributed by atoms with Gasteiger partial charge in [0, 0.05) is 43.5 Å². The zero-order chi connectivity index (χ0) is 14.7. The van der Waals surface area contributed by atoms with Gasteiger partial charge in [-0.05, 0) is 33.2 Å². The molecule has 1 aromatic rings. The van der Waals surface area contributed by atoms with Gasteiger partial charge in [0.2, 0.25) is 0 Å². The first kappa shape index (κ1) is 15.2. The van der Waals surface area contributed by atoms with Crippen molar-refractivity contribution < 1.29 is 0 Å². The summed E-state index contributed by atoms with van der Waals surface area (Å²) in [4.78, 5) is 5.22. The Balaban J connectivity index is 2.05. The predicted molar refractivity (Wildman–Crippen MR) is 89.5 cm³/mol. The molecule has 1 heterocycles. The van der Waals surface area contributed by atoms with Gasteiger partial charge in [0.15, 0.2) is 0 Å². The fraction of sp³-hybridized carbons (Fsp3) is 0.533. The molecule has 1 aliphatic rings. The lowest BCUT2D eigenvalue weighted by atomic mass is 10.1. The fourth-order valence-corrected chi connectivity index (χ4v) is 2.73. The molecule has 0 amide bonds. The van der Waals surface area contributed by atoms with E-state index in [4.69, 9.17) is 18.0 Å². The lowest BCUT2D eigenvalue weighted by Gasteiger charge is -2.38. The van der Waals surface area contributed by atoms with Crippen LogP contribution < -0.4 is 11.1 Å². The smallest absolute Gasteiger partial charge is 0.106 e. The minimum Gasteiger partial charge on any atom is -0.389 e. The Bertz CT molecular complexity index is 489. The number of likely N-dealkylation sites (N-methyl/N-ethyl adjacent to an activating group) is 2. The Morgan fingerprint density at radius 1 is 1.40 bits per heavy atom. The van der Waals surface area contributed by atoms with Gasteiger partial charge in [-0.15, -0.1) is 0 Å². The molecule has 4 nitrogen and oxygen atoms in total. The van der Waals surface area contributed by atoms with Gasteiger partial charge >= 0.3 is 0 Å². The highest BCUT2D eigenvalue weighted by atomic mass is 32.1. The third kappa shape index (κ3) is 3.69. The summed E-state index contributed by atoms with van der Waals surface area (Å²) in [6.45, 7) is 6.28. The van der Waals surface area contributed by atoms with E-state index in [1.54, 1.807) is 0 Å². The van der Waals surface area contributed by atoms with E-state index in [9.17, 15) is 0 Å². The molecule has 0 saturated carbocycles.